The van der Waals surface area contributed by atoms with Gasteiger partial charge in [0.25, 0.3) is 0 Å². The first-order chi connectivity index (χ1) is 8.24. The minimum atomic E-state index is 0.346. The fourth-order valence-corrected chi connectivity index (χ4v) is 1.50. The van der Waals surface area contributed by atoms with Gasteiger partial charge in [-0.05, 0) is 30.7 Å². The molecule has 0 unspecified atom stereocenters. The lowest BCUT2D eigenvalue weighted by atomic mass is 10.3. The molecule has 0 atom stereocenters. The highest BCUT2D eigenvalue weighted by Gasteiger charge is 2.00. The molecule has 17 heavy (non-hydrogen) atoms. The summed E-state index contributed by atoms with van der Waals surface area (Å²) in [5.41, 5.74) is 5.42. The molecule has 1 aromatic heterocycles. The summed E-state index contributed by atoms with van der Waals surface area (Å²) in [4.78, 5) is 4.00. The Hall–Kier alpha value is -1.75. The SMILES string of the molecule is Nc1nc(CCCOc2ccc(Cl)cc2)n[nH]1. The minimum absolute atomic E-state index is 0.346. The number of hydrogen-bond donors (Lipinski definition) is 2. The van der Waals surface area contributed by atoms with Crippen molar-refractivity contribution < 1.29 is 4.74 Å². The fraction of sp³-hybridized carbons (Fsp3) is 0.273. The van der Waals surface area contributed by atoms with Gasteiger partial charge < -0.3 is 10.5 Å². The molecule has 1 aromatic carbocycles. The molecule has 3 N–H and O–H groups in total. The molecular weight excluding hydrogens is 240 g/mol. The van der Waals surface area contributed by atoms with E-state index in [0.29, 0.717) is 23.4 Å². The number of rotatable bonds is 5. The van der Waals surface area contributed by atoms with E-state index in [4.69, 9.17) is 22.1 Å². The van der Waals surface area contributed by atoms with Crippen molar-refractivity contribution in [1.29, 1.82) is 0 Å². The Morgan fingerprint density at radius 2 is 2.06 bits per heavy atom. The third-order valence-electron chi connectivity index (χ3n) is 2.18. The van der Waals surface area contributed by atoms with Crippen molar-refractivity contribution in [2.45, 2.75) is 12.8 Å². The van der Waals surface area contributed by atoms with E-state index in [-0.39, 0.29) is 0 Å². The quantitative estimate of drug-likeness (QED) is 0.799. The van der Waals surface area contributed by atoms with E-state index in [1.807, 2.05) is 12.1 Å². The molecule has 1 heterocycles. The molecule has 0 amide bonds. The largest absolute Gasteiger partial charge is 0.494 e. The number of aryl methyl sites for hydroxylation is 1. The molecule has 90 valence electrons. The molecule has 0 aliphatic carbocycles. The highest BCUT2D eigenvalue weighted by Crippen LogP contribution is 2.15. The van der Waals surface area contributed by atoms with Crippen molar-refractivity contribution in [1.82, 2.24) is 15.2 Å². The van der Waals surface area contributed by atoms with Crippen LogP contribution >= 0.6 is 11.6 Å². The molecule has 5 nitrogen and oxygen atoms in total. The van der Waals surface area contributed by atoms with E-state index in [1.54, 1.807) is 12.1 Å². The number of ether oxygens (including phenoxy) is 1. The van der Waals surface area contributed by atoms with Crippen molar-refractivity contribution in [2.24, 2.45) is 0 Å². The van der Waals surface area contributed by atoms with E-state index in [0.717, 1.165) is 18.6 Å². The second-order valence-electron chi connectivity index (χ2n) is 3.54. The average Bonchev–Trinajstić information content (AvgIpc) is 2.73. The average molecular weight is 253 g/mol. The van der Waals surface area contributed by atoms with Crippen LogP contribution in [0.2, 0.25) is 5.02 Å². The third-order valence-corrected chi connectivity index (χ3v) is 2.43. The fourth-order valence-electron chi connectivity index (χ4n) is 1.37. The number of halogens is 1. The first-order valence-corrected chi connectivity index (χ1v) is 5.67. The molecule has 0 radical (unpaired) electrons. The summed E-state index contributed by atoms with van der Waals surface area (Å²) >= 11 is 5.77. The zero-order valence-corrected chi connectivity index (χ0v) is 9.94. The Morgan fingerprint density at radius 3 is 2.71 bits per heavy atom. The number of nitrogens with two attached hydrogens (primary N) is 1. The summed E-state index contributed by atoms with van der Waals surface area (Å²) in [6, 6.07) is 7.28. The number of anilines is 1. The molecule has 0 saturated carbocycles. The third kappa shape index (κ3) is 3.64. The molecule has 6 heteroatoms. The molecule has 0 saturated heterocycles. The maximum Gasteiger partial charge on any atom is 0.216 e. The molecule has 0 aliphatic heterocycles. The molecule has 2 rings (SSSR count). The van der Waals surface area contributed by atoms with Crippen LogP contribution in [-0.2, 0) is 6.42 Å². The maximum absolute atomic E-state index is 5.77. The summed E-state index contributed by atoms with van der Waals surface area (Å²) in [5.74, 6) is 1.87. The molecule has 2 aromatic rings. The van der Waals surface area contributed by atoms with Gasteiger partial charge >= 0.3 is 0 Å². The summed E-state index contributed by atoms with van der Waals surface area (Å²) in [5, 5.41) is 7.23. The van der Waals surface area contributed by atoms with Crippen molar-refractivity contribution in [3.05, 3.63) is 35.1 Å². The standard InChI is InChI=1S/C11H13ClN4O/c12-8-3-5-9(6-4-8)17-7-1-2-10-14-11(13)16-15-10/h3-6H,1-2,7H2,(H3,13,14,15,16). The van der Waals surface area contributed by atoms with Gasteiger partial charge in [0.05, 0.1) is 6.61 Å². The molecule has 0 fully saturated rings. The van der Waals surface area contributed by atoms with E-state index in [9.17, 15) is 0 Å². The number of hydrogen-bond acceptors (Lipinski definition) is 4. The normalized spacial score (nSPS) is 10.4. The van der Waals surface area contributed by atoms with E-state index in [2.05, 4.69) is 15.2 Å². The lowest BCUT2D eigenvalue weighted by Gasteiger charge is -2.04. The Bertz CT molecular complexity index is 469. The van der Waals surface area contributed by atoms with E-state index < -0.39 is 0 Å². The smallest absolute Gasteiger partial charge is 0.216 e. The van der Waals surface area contributed by atoms with Gasteiger partial charge in [0.1, 0.15) is 5.75 Å². The van der Waals surface area contributed by atoms with Crippen LogP contribution in [0.15, 0.2) is 24.3 Å². The number of aromatic nitrogens is 3. The lowest BCUT2D eigenvalue weighted by molar-refractivity contribution is 0.310. The van der Waals surface area contributed by atoms with Crippen LogP contribution in [0.5, 0.6) is 5.75 Å². The Morgan fingerprint density at radius 1 is 1.29 bits per heavy atom. The molecule has 0 aliphatic rings. The number of H-pyrrole nitrogens is 1. The van der Waals surface area contributed by atoms with Crippen LogP contribution < -0.4 is 10.5 Å². The van der Waals surface area contributed by atoms with Gasteiger partial charge in [-0.1, -0.05) is 11.6 Å². The van der Waals surface area contributed by atoms with Crippen LogP contribution in [0.3, 0.4) is 0 Å². The Kier molecular flexibility index (Phi) is 3.82. The maximum atomic E-state index is 5.77. The predicted molar refractivity (Wildman–Crippen MR) is 66.1 cm³/mol. The van der Waals surface area contributed by atoms with Gasteiger partial charge in [-0.25, -0.2) is 5.10 Å². The second-order valence-corrected chi connectivity index (χ2v) is 3.98. The molecule has 0 spiro atoms. The van der Waals surface area contributed by atoms with Crippen molar-refractivity contribution >= 4 is 17.5 Å². The zero-order valence-electron chi connectivity index (χ0n) is 9.19. The lowest BCUT2D eigenvalue weighted by Crippen LogP contribution is -2.00. The van der Waals surface area contributed by atoms with Gasteiger partial charge in [-0.2, -0.15) is 10.1 Å². The summed E-state index contributed by atoms with van der Waals surface area (Å²) in [6.45, 7) is 0.607. The number of nitrogen functional groups attached to an aromatic ring is 1. The van der Waals surface area contributed by atoms with Crippen molar-refractivity contribution in [2.75, 3.05) is 12.3 Å². The van der Waals surface area contributed by atoms with Crippen LogP contribution in [0.4, 0.5) is 5.95 Å². The summed E-state index contributed by atoms with van der Waals surface area (Å²) in [7, 11) is 0. The first-order valence-electron chi connectivity index (χ1n) is 5.29. The van der Waals surface area contributed by atoms with E-state index >= 15 is 0 Å². The Labute approximate surface area is 104 Å². The first kappa shape index (κ1) is 11.7. The number of nitrogens with zero attached hydrogens (tertiary/aromatic N) is 2. The van der Waals surface area contributed by atoms with Crippen LogP contribution in [0, 0.1) is 0 Å². The minimum Gasteiger partial charge on any atom is -0.494 e. The van der Waals surface area contributed by atoms with Gasteiger partial charge in [0, 0.05) is 11.4 Å². The monoisotopic (exact) mass is 252 g/mol. The van der Waals surface area contributed by atoms with Gasteiger partial charge in [0.15, 0.2) is 5.82 Å². The van der Waals surface area contributed by atoms with Crippen LogP contribution in [0.1, 0.15) is 12.2 Å². The Balaban J connectivity index is 1.71. The van der Waals surface area contributed by atoms with Gasteiger partial charge in [0.2, 0.25) is 5.95 Å². The topological polar surface area (TPSA) is 76.8 Å². The van der Waals surface area contributed by atoms with Gasteiger partial charge in [-0.3, -0.25) is 0 Å². The van der Waals surface area contributed by atoms with Gasteiger partial charge in [-0.15, -0.1) is 0 Å². The van der Waals surface area contributed by atoms with Crippen LogP contribution in [-0.4, -0.2) is 21.8 Å². The zero-order chi connectivity index (χ0) is 12.1. The van der Waals surface area contributed by atoms with Crippen molar-refractivity contribution in [3.63, 3.8) is 0 Å². The molecular formula is C11H13ClN4O. The highest BCUT2D eigenvalue weighted by molar-refractivity contribution is 6.30. The second kappa shape index (κ2) is 5.54. The highest BCUT2D eigenvalue weighted by atomic mass is 35.5. The molecule has 0 bridgehead atoms. The predicted octanol–water partition coefficient (Wildman–Crippen LogP) is 2.05. The van der Waals surface area contributed by atoms with Crippen molar-refractivity contribution in [3.8, 4) is 5.75 Å². The number of aromatic amines is 1. The number of nitrogens with one attached hydrogen (secondary N) is 1. The van der Waals surface area contributed by atoms with Crippen LogP contribution in [0.25, 0.3) is 0 Å². The van der Waals surface area contributed by atoms with E-state index in [1.165, 1.54) is 0 Å². The number of benzene rings is 1. The summed E-state index contributed by atoms with van der Waals surface area (Å²) in [6.07, 6.45) is 1.57. The summed E-state index contributed by atoms with van der Waals surface area (Å²) < 4.78 is 5.53.